The van der Waals surface area contributed by atoms with E-state index in [4.69, 9.17) is 11.6 Å². The van der Waals surface area contributed by atoms with Crippen molar-refractivity contribution in [1.29, 1.82) is 0 Å². The van der Waals surface area contributed by atoms with Gasteiger partial charge in [-0.2, -0.15) is 0 Å². The molecular weight excluding hydrogens is 314 g/mol. The van der Waals surface area contributed by atoms with E-state index in [9.17, 15) is 13.2 Å². The van der Waals surface area contributed by atoms with E-state index in [0.29, 0.717) is 0 Å². The van der Waals surface area contributed by atoms with Crippen molar-refractivity contribution in [1.82, 2.24) is 14.6 Å². The Labute approximate surface area is 129 Å². The third-order valence-electron chi connectivity index (χ3n) is 3.35. The topological polar surface area (TPSA) is 79.4 Å². The van der Waals surface area contributed by atoms with Crippen LogP contribution in [-0.2, 0) is 14.8 Å². The Hall–Kier alpha value is -1.18. The minimum absolute atomic E-state index is 0.00911. The molecule has 0 radical (unpaired) electrons. The van der Waals surface area contributed by atoms with Crippen LogP contribution >= 0.6 is 11.6 Å². The zero-order valence-electron chi connectivity index (χ0n) is 11.6. The molecule has 0 unspecified atom stereocenters. The number of nitrogens with one attached hydrogen (secondary N) is 1. The van der Waals surface area contributed by atoms with Gasteiger partial charge in [0.15, 0.2) is 0 Å². The van der Waals surface area contributed by atoms with E-state index < -0.39 is 10.0 Å². The summed E-state index contributed by atoms with van der Waals surface area (Å²) >= 11 is 5.67. The van der Waals surface area contributed by atoms with Gasteiger partial charge in [-0.15, -0.1) is 0 Å². The molecule has 0 spiro atoms. The molecule has 1 fully saturated rings. The molecule has 1 amide bonds. The van der Waals surface area contributed by atoms with Crippen molar-refractivity contribution < 1.29 is 13.2 Å². The number of halogens is 1. The molecule has 21 heavy (non-hydrogen) atoms. The van der Waals surface area contributed by atoms with Gasteiger partial charge in [-0.3, -0.25) is 4.79 Å². The molecule has 1 aromatic heterocycles. The van der Waals surface area contributed by atoms with Gasteiger partial charge in [-0.05, 0) is 31.4 Å². The molecule has 1 aromatic rings. The Bertz CT molecular complexity index is 600. The SMILES string of the molecule is O=C(CCNS(=O)(=O)c1ccnc(Cl)c1)N1CCCCC1. The third-order valence-corrected chi connectivity index (χ3v) is 5.01. The van der Waals surface area contributed by atoms with Crippen molar-refractivity contribution in [2.75, 3.05) is 19.6 Å². The summed E-state index contributed by atoms with van der Waals surface area (Å²) in [5.41, 5.74) is 0. The number of pyridine rings is 1. The average molecular weight is 332 g/mol. The van der Waals surface area contributed by atoms with Crippen molar-refractivity contribution in [3.05, 3.63) is 23.5 Å². The Kier molecular flexibility index (Phi) is 5.55. The van der Waals surface area contributed by atoms with Crippen molar-refractivity contribution in [3.63, 3.8) is 0 Å². The van der Waals surface area contributed by atoms with Crippen molar-refractivity contribution >= 4 is 27.5 Å². The first-order chi connectivity index (χ1) is 9.99. The molecular formula is C13H18ClN3O3S. The standard InChI is InChI=1S/C13H18ClN3O3S/c14-12-10-11(4-6-15-12)21(19,20)16-7-5-13(18)17-8-2-1-3-9-17/h4,6,10,16H,1-3,5,7-9H2. The quantitative estimate of drug-likeness (QED) is 0.827. The van der Waals surface area contributed by atoms with E-state index >= 15 is 0 Å². The van der Waals surface area contributed by atoms with Crippen LogP contribution in [0.4, 0.5) is 0 Å². The predicted octanol–water partition coefficient (Wildman–Crippen LogP) is 1.42. The first kappa shape index (κ1) is 16.2. The Balaban J connectivity index is 1.86. The van der Waals surface area contributed by atoms with E-state index in [2.05, 4.69) is 9.71 Å². The number of aromatic nitrogens is 1. The van der Waals surface area contributed by atoms with Crippen molar-refractivity contribution in [2.45, 2.75) is 30.6 Å². The molecule has 0 aromatic carbocycles. The lowest BCUT2D eigenvalue weighted by atomic mass is 10.1. The Morgan fingerprint density at radius 3 is 2.71 bits per heavy atom. The lowest BCUT2D eigenvalue weighted by molar-refractivity contribution is -0.131. The van der Waals surface area contributed by atoms with Crippen LogP contribution in [0.1, 0.15) is 25.7 Å². The lowest BCUT2D eigenvalue weighted by Crippen LogP contribution is -2.37. The maximum Gasteiger partial charge on any atom is 0.240 e. The van der Waals surface area contributed by atoms with E-state index in [0.717, 1.165) is 32.4 Å². The van der Waals surface area contributed by atoms with Crippen LogP contribution in [-0.4, -0.2) is 43.8 Å². The summed E-state index contributed by atoms with van der Waals surface area (Å²) < 4.78 is 26.5. The van der Waals surface area contributed by atoms with Gasteiger partial charge in [0, 0.05) is 32.3 Å². The number of hydrogen-bond acceptors (Lipinski definition) is 4. The fourth-order valence-corrected chi connectivity index (χ4v) is 3.51. The van der Waals surface area contributed by atoms with Gasteiger partial charge in [0.25, 0.3) is 0 Å². The van der Waals surface area contributed by atoms with E-state index in [-0.39, 0.29) is 28.9 Å². The summed E-state index contributed by atoms with van der Waals surface area (Å²) in [7, 11) is -3.65. The van der Waals surface area contributed by atoms with Gasteiger partial charge >= 0.3 is 0 Å². The first-order valence-corrected chi connectivity index (χ1v) is 8.74. The second-order valence-electron chi connectivity index (χ2n) is 4.90. The zero-order chi connectivity index (χ0) is 15.3. The van der Waals surface area contributed by atoms with Crippen LogP contribution in [0.5, 0.6) is 0 Å². The Morgan fingerprint density at radius 1 is 1.33 bits per heavy atom. The van der Waals surface area contributed by atoms with Gasteiger partial charge in [0.1, 0.15) is 5.15 Å². The minimum atomic E-state index is -3.65. The van der Waals surface area contributed by atoms with Gasteiger partial charge in [0.2, 0.25) is 15.9 Å². The van der Waals surface area contributed by atoms with Crippen LogP contribution in [0.15, 0.2) is 23.2 Å². The maximum absolute atomic E-state index is 12.0. The molecule has 1 N–H and O–H groups in total. The molecule has 0 aliphatic carbocycles. The van der Waals surface area contributed by atoms with Gasteiger partial charge in [-0.1, -0.05) is 11.6 Å². The lowest BCUT2D eigenvalue weighted by Gasteiger charge is -2.26. The largest absolute Gasteiger partial charge is 0.343 e. The van der Waals surface area contributed by atoms with E-state index in [1.807, 2.05) is 0 Å². The number of nitrogens with zero attached hydrogens (tertiary/aromatic N) is 2. The first-order valence-electron chi connectivity index (χ1n) is 6.88. The highest BCUT2D eigenvalue weighted by molar-refractivity contribution is 7.89. The molecule has 1 aliphatic heterocycles. The van der Waals surface area contributed by atoms with Gasteiger partial charge < -0.3 is 4.90 Å². The second kappa shape index (κ2) is 7.20. The fraction of sp³-hybridized carbons (Fsp3) is 0.538. The van der Waals surface area contributed by atoms with E-state index in [1.54, 1.807) is 4.90 Å². The number of carbonyl (C=O) groups excluding carboxylic acids is 1. The summed E-state index contributed by atoms with van der Waals surface area (Å²) in [6.45, 7) is 1.62. The summed E-state index contributed by atoms with van der Waals surface area (Å²) in [6, 6.07) is 2.64. The van der Waals surface area contributed by atoms with Crippen LogP contribution < -0.4 is 4.72 Å². The molecule has 6 nitrogen and oxygen atoms in total. The summed E-state index contributed by atoms with van der Waals surface area (Å²) in [4.78, 5) is 17.5. The minimum Gasteiger partial charge on any atom is -0.343 e. The molecule has 0 saturated carbocycles. The normalized spacial score (nSPS) is 16.0. The zero-order valence-corrected chi connectivity index (χ0v) is 13.2. The molecule has 116 valence electrons. The predicted molar refractivity (Wildman–Crippen MR) is 79.5 cm³/mol. The maximum atomic E-state index is 12.0. The fourth-order valence-electron chi connectivity index (χ4n) is 2.23. The van der Waals surface area contributed by atoms with Gasteiger partial charge in [0.05, 0.1) is 4.90 Å². The second-order valence-corrected chi connectivity index (χ2v) is 7.06. The molecule has 2 heterocycles. The summed E-state index contributed by atoms with van der Waals surface area (Å²) in [5.74, 6) is -0.00911. The van der Waals surface area contributed by atoms with Gasteiger partial charge in [-0.25, -0.2) is 18.1 Å². The number of likely N-dealkylation sites (tertiary alicyclic amines) is 1. The average Bonchev–Trinajstić information content (AvgIpc) is 2.48. The highest BCUT2D eigenvalue weighted by atomic mass is 35.5. The van der Waals surface area contributed by atoms with Crippen molar-refractivity contribution in [2.24, 2.45) is 0 Å². The third kappa shape index (κ3) is 4.66. The van der Waals surface area contributed by atoms with Crippen LogP contribution in [0, 0.1) is 0 Å². The molecule has 1 saturated heterocycles. The number of sulfonamides is 1. The van der Waals surface area contributed by atoms with Crippen LogP contribution in [0.2, 0.25) is 5.15 Å². The summed E-state index contributed by atoms with van der Waals surface area (Å²) in [6.07, 6.45) is 4.69. The highest BCUT2D eigenvalue weighted by Gasteiger charge is 2.18. The van der Waals surface area contributed by atoms with Crippen molar-refractivity contribution in [3.8, 4) is 0 Å². The Morgan fingerprint density at radius 2 is 2.05 bits per heavy atom. The van der Waals surface area contributed by atoms with E-state index in [1.165, 1.54) is 18.3 Å². The molecule has 0 atom stereocenters. The number of carbonyl (C=O) groups is 1. The number of piperidine rings is 1. The van der Waals surface area contributed by atoms with Crippen LogP contribution in [0.25, 0.3) is 0 Å². The molecule has 8 heteroatoms. The smallest absolute Gasteiger partial charge is 0.240 e. The number of rotatable bonds is 5. The number of amides is 1. The molecule has 2 rings (SSSR count). The van der Waals surface area contributed by atoms with Crippen LogP contribution in [0.3, 0.4) is 0 Å². The molecule has 0 bridgehead atoms. The molecule has 1 aliphatic rings. The highest BCUT2D eigenvalue weighted by Crippen LogP contribution is 2.13. The monoisotopic (exact) mass is 331 g/mol. The number of hydrogen-bond donors (Lipinski definition) is 1. The summed E-state index contributed by atoms with van der Waals surface area (Å²) in [5, 5.41) is 0.113.